The Bertz CT molecular complexity index is 972. The summed E-state index contributed by atoms with van der Waals surface area (Å²) in [6.45, 7) is 0. The Morgan fingerprint density at radius 1 is 1.04 bits per heavy atom. The predicted octanol–water partition coefficient (Wildman–Crippen LogP) is 4.72. The molecule has 0 aliphatic heterocycles. The molecule has 1 heterocycles. The van der Waals surface area contributed by atoms with E-state index < -0.39 is 17.6 Å². The number of halogens is 3. The second-order valence-electron chi connectivity index (χ2n) is 6.27. The molecule has 7 heteroatoms. The quantitative estimate of drug-likeness (QED) is 0.625. The van der Waals surface area contributed by atoms with Crippen molar-refractivity contribution in [2.24, 2.45) is 0 Å². The molecule has 3 aromatic rings. The van der Waals surface area contributed by atoms with Crippen LogP contribution in [0, 0.1) is 0 Å². The fourth-order valence-electron chi connectivity index (χ4n) is 2.88. The summed E-state index contributed by atoms with van der Waals surface area (Å²) in [5, 5.41) is 2.53. The zero-order valence-corrected chi connectivity index (χ0v) is 14.8. The second kappa shape index (κ2) is 8.12. The van der Waals surface area contributed by atoms with Gasteiger partial charge in [-0.25, -0.2) is 0 Å². The molecule has 0 spiro atoms. The first-order valence-corrected chi connectivity index (χ1v) is 8.59. The number of hydrogen-bond acceptors (Lipinski definition) is 3. The molecular formula is C21H18F3N3O. The molecule has 2 aromatic carbocycles. The highest BCUT2D eigenvalue weighted by atomic mass is 19.4. The largest absolute Gasteiger partial charge is 0.416 e. The van der Waals surface area contributed by atoms with E-state index in [1.54, 1.807) is 30.6 Å². The van der Waals surface area contributed by atoms with E-state index in [0.29, 0.717) is 29.7 Å². The Hall–Kier alpha value is -3.35. The number of pyridine rings is 1. The molecule has 1 aromatic heterocycles. The molecule has 0 fully saturated rings. The lowest BCUT2D eigenvalue weighted by Crippen LogP contribution is -2.16. The van der Waals surface area contributed by atoms with E-state index in [-0.39, 0.29) is 5.69 Å². The van der Waals surface area contributed by atoms with Crippen LogP contribution in [0.1, 0.15) is 27.0 Å². The minimum absolute atomic E-state index is 0.0699. The highest BCUT2D eigenvalue weighted by Gasteiger charge is 2.30. The van der Waals surface area contributed by atoms with Crippen LogP contribution in [0.5, 0.6) is 0 Å². The van der Waals surface area contributed by atoms with Crippen LogP contribution in [0.2, 0.25) is 0 Å². The van der Waals surface area contributed by atoms with Crippen LogP contribution in [-0.2, 0) is 19.0 Å². The van der Waals surface area contributed by atoms with Crippen molar-refractivity contribution in [3.63, 3.8) is 0 Å². The first-order valence-electron chi connectivity index (χ1n) is 8.59. The average Bonchev–Trinajstić information content (AvgIpc) is 2.67. The summed E-state index contributed by atoms with van der Waals surface area (Å²) in [7, 11) is 0. The second-order valence-corrected chi connectivity index (χ2v) is 6.27. The van der Waals surface area contributed by atoms with Gasteiger partial charge < -0.3 is 11.1 Å². The fourth-order valence-corrected chi connectivity index (χ4v) is 2.88. The van der Waals surface area contributed by atoms with Crippen molar-refractivity contribution in [1.29, 1.82) is 0 Å². The van der Waals surface area contributed by atoms with Crippen LogP contribution in [0.25, 0.3) is 0 Å². The molecular weight excluding hydrogens is 367 g/mol. The van der Waals surface area contributed by atoms with Crippen molar-refractivity contribution >= 4 is 17.3 Å². The first kappa shape index (κ1) is 19.4. The summed E-state index contributed by atoms with van der Waals surface area (Å²) in [6.07, 6.45) is 0.0677. The van der Waals surface area contributed by atoms with Gasteiger partial charge in [-0.2, -0.15) is 13.2 Å². The van der Waals surface area contributed by atoms with E-state index >= 15 is 0 Å². The molecule has 0 atom stereocenters. The lowest BCUT2D eigenvalue weighted by molar-refractivity contribution is -0.137. The Kier molecular flexibility index (Phi) is 5.63. The van der Waals surface area contributed by atoms with E-state index in [0.717, 1.165) is 17.7 Å². The van der Waals surface area contributed by atoms with Gasteiger partial charge in [0.2, 0.25) is 0 Å². The van der Waals surface area contributed by atoms with Gasteiger partial charge in [0, 0.05) is 29.3 Å². The molecule has 0 saturated heterocycles. The van der Waals surface area contributed by atoms with Gasteiger partial charge in [0.05, 0.1) is 5.56 Å². The monoisotopic (exact) mass is 385 g/mol. The number of nitrogen functional groups attached to an aromatic ring is 1. The summed E-state index contributed by atoms with van der Waals surface area (Å²) in [5.41, 5.74) is 7.74. The number of carbonyl (C=O) groups is 1. The third kappa shape index (κ3) is 4.68. The van der Waals surface area contributed by atoms with Crippen molar-refractivity contribution in [3.8, 4) is 0 Å². The molecule has 28 heavy (non-hydrogen) atoms. The summed E-state index contributed by atoms with van der Waals surface area (Å²) >= 11 is 0. The smallest absolute Gasteiger partial charge is 0.398 e. The van der Waals surface area contributed by atoms with E-state index in [1.165, 1.54) is 12.1 Å². The molecule has 0 radical (unpaired) electrons. The highest BCUT2D eigenvalue weighted by molar-refractivity contribution is 6.06. The molecule has 144 valence electrons. The van der Waals surface area contributed by atoms with Crippen molar-refractivity contribution < 1.29 is 18.0 Å². The van der Waals surface area contributed by atoms with Gasteiger partial charge >= 0.3 is 6.18 Å². The number of hydrogen-bond donors (Lipinski definition) is 2. The standard InChI is InChI=1S/C21H18F3N3O/c22-21(23,24)15-5-1-6-16(12-15)27-20(28)18-7-2-8-19(25)17(18)10-9-14-4-3-11-26-13-14/h1-8,11-13H,9-10,25H2,(H,27,28). The lowest BCUT2D eigenvalue weighted by atomic mass is 9.98. The molecule has 0 bridgehead atoms. The van der Waals surface area contributed by atoms with Gasteiger partial charge in [0.25, 0.3) is 5.91 Å². The zero-order chi connectivity index (χ0) is 20.1. The van der Waals surface area contributed by atoms with E-state index in [9.17, 15) is 18.0 Å². The van der Waals surface area contributed by atoms with Gasteiger partial charge in [-0.1, -0.05) is 18.2 Å². The zero-order valence-electron chi connectivity index (χ0n) is 14.8. The Morgan fingerprint density at radius 2 is 1.82 bits per heavy atom. The van der Waals surface area contributed by atoms with Gasteiger partial charge in [0.1, 0.15) is 0 Å². The number of amides is 1. The van der Waals surface area contributed by atoms with E-state index in [1.807, 2.05) is 12.1 Å². The van der Waals surface area contributed by atoms with Crippen LogP contribution in [0.3, 0.4) is 0 Å². The summed E-state index contributed by atoms with van der Waals surface area (Å²) in [6, 6.07) is 13.2. The number of rotatable bonds is 5. The Balaban J connectivity index is 1.81. The number of benzene rings is 2. The Morgan fingerprint density at radius 3 is 2.54 bits per heavy atom. The van der Waals surface area contributed by atoms with E-state index in [2.05, 4.69) is 10.3 Å². The van der Waals surface area contributed by atoms with Gasteiger partial charge in [-0.15, -0.1) is 0 Å². The van der Waals surface area contributed by atoms with Crippen LogP contribution in [0.4, 0.5) is 24.5 Å². The number of nitrogens with zero attached hydrogens (tertiary/aromatic N) is 1. The summed E-state index contributed by atoms with van der Waals surface area (Å²) < 4.78 is 38.6. The van der Waals surface area contributed by atoms with Crippen LogP contribution >= 0.6 is 0 Å². The molecule has 0 saturated carbocycles. The molecule has 0 aliphatic rings. The van der Waals surface area contributed by atoms with Crippen LogP contribution in [-0.4, -0.2) is 10.9 Å². The highest BCUT2D eigenvalue weighted by Crippen LogP contribution is 2.31. The number of aromatic nitrogens is 1. The number of aryl methyl sites for hydroxylation is 1. The topological polar surface area (TPSA) is 68.0 Å². The maximum atomic E-state index is 12.9. The number of nitrogens with two attached hydrogens (primary N) is 1. The first-order chi connectivity index (χ1) is 13.3. The summed E-state index contributed by atoms with van der Waals surface area (Å²) in [4.78, 5) is 16.8. The van der Waals surface area contributed by atoms with Gasteiger partial charge in [-0.3, -0.25) is 9.78 Å². The van der Waals surface area contributed by atoms with Crippen molar-refractivity contribution in [2.75, 3.05) is 11.1 Å². The third-order valence-corrected chi connectivity index (χ3v) is 4.29. The predicted molar refractivity (Wildman–Crippen MR) is 102 cm³/mol. The van der Waals surface area contributed by atoms with E-state index in [4.69, 9.17) is 5.73 Å². The minimum atomic E-state index is -4.48. The van der Waals surface area contributed by atoms with Crippen molar-refractivity contribution in [3.05, 3.63) is 89.2 Å². The SMILES string of the molecule is Nc1cccc(C(=O)Nc2cccc(C(F)(F)F)c2)c1CCc1cccnc1. The molecule has 1 amide bonds. The Labute approximate surface area is 160 Å². The number of anilines is 2. The molecule has 0 unspecified atom stereocenters. The number of carbonyl (C=O) groups excluding carboxylic acids is 1. The van der Waals surface area contributed by atoms with Gasteiger partial charge in [0.15, 0.2) is 0 Å². The van der Waals surface area contributed by atoms with Gasteiger partial charge in [-0.05, 0) is 60.4 Å². The summed E-state index contributed by atoms with van der Waals surface area (Å²) in [5.74, 6) is -0.507. The van der Waals surface area contributed by atoms with Crippen LogP contribution < -0.4 is 11.1 Å². The third-order valence-electron chi connectivity index (χ3n) is 4.29. The fraction of sp³-hybridized carbons (Fsp3) is 0.143. The molecule has 3 N–H and O–H groups in total. The van der Waals surface area contributed by atoms with Crippen molar-refractivity contribution in [1.82, 2.24) is 4.98 Å². The average molecular weight is 385 g/mol. The maximum Gasteiger partial charge on any atom is 0.416 e. The minimum Gasteiger partial charge on any atom is -0.398 e. The molecule has 4 nitrogen and oxygen atoms in total. The van der Waals surface area contributed by atoms with Crippen molar-refractivity contribution in [2.45, 2.75) is 19.0 Å². The molecule has 0 aliphatic carbocycles. The molecule has 3 rings (SSSR count). The van der Waals surface area contributed by atoms with Crippen LogP contribution in [0.15, 0.2) is 67.0 Å². The number of alkyl halides is 3. The normalized spacial score (nSPS) is 11.2. The lowest BCUT2D eigenvalue weighted by Gasteiger charge is -2.14. The maximum absolute atomic E-state index is 12.9. The number of nitrogens with one attached hydrogen (secondary N) is 1.